The molecular weight excluding hydrogens is 609 g/mol. The fourth-order valence-corrected chi connectivity index (χ4v) is 7.46. The average molecular weight is 699 g/mol. The van der Waals surface area contributed by atoms with Crippen LogP contribution in [0.25, 0.3) is 0 Å². The fourth-order valence-electron chi connectivity index (χ4n) is 7.14. The minimum absolute atomic E-state index is 0.00133. The average Bonchev–Trinajstić information content (AvgIpc) is 3.09. The summed E-state index contributed by atoms with van der Waals surface area (Å²) in [5, 5.41) is 11.8. The van der Waals surface area contributed by atoms with Gasteiger partial charge >= 0.3 is 0 Å². The predicted octanol–water partition coefficient (Wildman–Crippen LogP) is 15.3. The number of unbranched alkanes of at least 4 members (excludes halogenated alkanes) is 31. The van der Waals surface area contributed by atoms with E-state index in [1.165, 1.54) is 199 Å². The zero-order valence-electron chi connectivity index (χ0n) is 33.4. The molecule has 0 fully saturated rings. The Hall–Kier alpha value is 0.230. The van der Waals surface area contributed by atoms with Gasteiger partial charge in [-0.05, 0) is 31.4 Å². The van der Waals surface area contributed by atoms with Crippen molar-refractivity contribution in [2.45, 2.75) is 258 Å². The van der Waals surface area contributed by atoms with Crippen LogP contribution in [0.1, 0.15) is 252 Å². The van der Waals surface area contributed by atoms with Crippen molar-refractivity contribution >= 4 is 12.6 Å². The Morgan fingerprint density at radius 1 is 0.375 bits per heavy atom. The first-order valence-electron chi connectivity index (χ1n) is 22.3. The minimum atomic E-state index is -1.46. The molecule has 0 radical (unpaired) electrons. The van der Waals surface area contributed by atoms with Crippen molar-refractivity contribution in [3.63, 3.8) is 0 Å². The molecule has 0 heterocycles. The molecule has 0 aromatic heterocycles. The maximum atomic E-state index is 11.8. The normalized spacial score (nSPS) is 13.7. The molecule has 2 atom stereocenters. The van der Waals surface area contributed by atoms with Crippen molar-refractivity contribution in [3.8, 4) is 0 Å². The summed E-state index contributed by atoms with van der Waals surface area (Å²) < 4.78 is 12.6. The summed E-state index contributed by atoms with van der Waals surface area (Å²) in [4.78, 5) is 0. The van der Waals surface area contributed by atoms with Crippen molar-refractivity contribution in [2.24, 2.45) is 5.92 Å². The second-order valence-electron chi connectivity index (χ2n) is 15.3. The lowest BCUT2D eigenvalue weighted by atomic mass is 9.95. The van der Waals surface area contributed by atoms with Gasteiger partial charge < -0.3 is 14.6 Å². The zero-order valence-corrected chi connectivity index (χ0v) is 34.3. The topological polar surface area (TPSA) is 38.7 Å². The molecule has 48 heavy (non-hydrogen) atoms. The van der Waals surface area contributed by atoms with Crippen LogP contribution in [0.5, 0.6) is 0 Å². The van der Waals surface area contributed by atoms with E-state index in [4.69, 9.17) is 9.47 Å². The zero-order chi connectivity index (χ0) is 35.1. The highest BCUT2D eigenvalue weighted by atomic mass is 32.1. The van der Waals surface area contributed by atoms with E-state index in [2.05, 4.69) is 33.4 Å². The van der Waals surface area contributed by atoms with Crippen LogP contribution in [0.2, 0.25) is 0 Å². The molecule has 1 N–H and O–H groups in total. The summed E-state index contributed by atoms with van der Waals surface area (Å²) in [6.07, 6.45) is 47.0. The molecule has 0 aromatic carbocycles. The number of thiol groups is 1. The third kappa shape index (κ3) is 33.4. The first-order chi connectivity index (χ1) is 23.6. The van der Waals surface area contributed by atoms with Crippen molar-refractivity contribution in [3.05, 3.63) is 0 Å². The Morgan fingerprint density at radius 3 is 0.896 bits per heavy atom. The Labute approximate surface area is 309 Å². The lowest BCUT2D eigenvalue weighted by Gasteiger charge is -2.35. The van der Waals surface area contributed by atoms with Crippen LogP contribution >= 0.6 is 12.6 Å². The second-order valence-corrected chi connectivity index (χ2v) is 15.7. The molecule has 0 aliphatic rings. The highest BCUT2D eigenvalue weighted by Crippen LogP contribution is 2.31. The molecule has 0 saturated carbocycles. The van der Waals surface area contributed by atoms with E-state index in [9.17, 15) is 5.11 Å². The van der Waals surface area contributed by atoms with Gasteiger partial charge in [0.05, 0.1) is 13.2 Å². The van der Waals surface area contributed by atoms with E-state index in [-0.39, 0.29) is 5.92 Å². The van der Waals surface area contributed by atoms with Crippen LogP contribution in [0, 0.1) is 5.92 Å². The quantitative estimate of drug-likeness (QED) is 0.0379. The maximum Gasteiger partial charge on any atom is 0.283 e. The van der Waals surface area contributed by atoms with E-state index in [1.807, 2.05) is 0 Å². The molecule has 0 aliphatic carbocycles. The van der Waals surface area contributed by atoms with Gasteiger partial charge in [0.15, 0.2) is 0 Å². The SMILES string of the molecule is CCCCCCCCCCCCCCOC(O)(OCCCCCCCCCCCC)C(CCS)CCCCCCCCCCCCCC. The molecule has 0 saturated heterocycles. The Balaban J connectivity index is 4.47. The van der Waals surface area contributed by atoms with E-state index in [0.717, 1.165) is 37.9 Å². The largest absolute Gasteiger partial charge is 0.343 e. The van der Waals surface area contributed by atoms with Crippen molar-refractivity contribution in [2.75, 3.05) is 19.0 Å². The van der Waals surface area contributed by atoms with E-state index >= 15 is 0 Å². The standard InChI is InChI=1S/C44H90O3S/c1-4-7-10-13-16-19-22-24-26-29-32-35-38-43(39-42-48)44(45,46-40-36-33-30-27-21-18-15-12-9-6-3)47-41-37-34-31-28-25-23-20-17-14-11-8-5-2/h43,45,48H,4-42H2,1-3H3. The van der Waals surface area contributed by atoms with E-state index < -0.39 is 5.97 Å². The van der Waals surface area contributed by atoms with Gasteiger partial charge in [-0.1, -0.05) is 226 Å². The van der Waals surface area contributed by atoms with Gasteiger partial charge in [0.2, 0.25) is 0 Å². The van der Waals surface area contributed by atoms with Gasteiger partial charge in [-0.3, -0.25) is 0 Å². The number of rotatable bonds is 42. The van der Waals surface area contributed by atoms with Crippen LogP contribution in [0.15, 0.2) is 0 Å². The lowest BCUT2D eigenvalue weighted by molar-refractivity contribution is -0.388. The minimum Gasteiger partial charge on any atom is -0.343 e. The van der Waals surface area contributed by atoms with Crippen molar-refractivity contribution in [1.82, 2.24) is 0 Å². The first kappa shape index (κ1) is 48.2. The monoisotopic (exact) mass is 699 g/mol. The first-order valence-corrected chi connectivity index (χ1v) is 22.9. The highest BCUT2D eigenvalue weighted by Gasteiger charge is 2.38. The third-order valence-corrected chi connectivity index (χ3v) is 10.8. The van der Waals surface area contributed by atoms with Crippen LogP contribution in [-0.4, -0.2) is 30.0 Å². The van der Waals surface area contributed by atoms with E-state index in [1.54, 1.807) is 0 Å². The van der Waals surface area contributed by atoms with Crippen LogP contribution in [-0.2, 0) is 9.47 Å². The summed E-state index contributed by atoms with van der Waals surface area (Å²) in [5.74, 6) is -0.703. The van der Waals surface area contributed by atoms with Crippen molar-refractivity contribution in [1.29, 1.82) is 0 Å². The molecule has 0 aliphatic heterocycles. The van der Waals surface area contributed by atoms with Crippen LogP contribution in [0.4, 0.5) is 0 Å². The molecular formula is C44H90O3S. The predicted molar refractivity (Wildman–Crippen MR) is 217 cm³/mol. The van der Waals surface area contributed by atoms with Crippen molar-refractivity contribution < 1.29 is 14.6 Å². The number of ether oxygens (including phenoxy) is 2. The van der Waals surface area contributed by atoms with Crippen LogP contribution < -0.4 is 0 Å². The third-order valence-electron chi connectivity index (χ3n) is 10.5. The summed E-state index contributed by atoms with van der Waals surface area (Å²) in [6.45, 7) is 8.05. The molecule has 3 nitrogen and oxygen atoms in total. The van der Waals surface area contributed by atoms with Gasteiger partial charge in [-0.15, -0.1) is 0 Å². The Bertz CT molecular complexity index is 587. The molecule has 2 unspecified atom stereocenters. The van der Waals surface area contributed by atoms with Gasteiger partial charge in [-0.25, -0.2) is 0 Å². The number of aliphatic hydroxyl groups is 1. The molecule has 4 heteroatoms. The Morgan fingerprint density at radius 2 is 0.625 bits per heavy atom. The summed E-state index contributed by atoms with van der Waals surface area (Å²) >= 11 is 4.58. The maximum absolute atomic E-state index is 11.8. The van der Waals surface area contributed by atoms with Gasteiger partial charge in [-0.2, -0.15) is 12.6 Å². The van der Waals surface area contributed by atoms with Crippen LogP contribution in [0.3, 0.4) is 0 Å². The summed E-state index contributed by atoms with van der Waals surface area (Å²) in [5.41, 5.74) is 0. The lowest BCUT2D eigenvalue weighted by Crippen LogP contribution is -2.44. The van der Waals surface area contributed by atoms with Gasteiger partial charge in [0.25, 0.3) is 5.97 Å². The number of hydrogen-bond acceptors (Lipinski definition) is 4. The summed E-state index contributed by atoms with van der Waals surface area (Å²) in [6, 6.07) is 0. The fraction of sp³-hybridized carbons (Fsp3) is 1.00. The number of hydrogen-bond donors (Lipinski definition) is 2. The van der Waals surface area contributed by atoms with Gasteiger partial charge in [0.1, 0.15) is 0 Å². The molecule has 0 rings (SSSR count). The molecule has 0 spiro atoms. The van der Waals surface area contributed by atoms with Gasteiger partial charge in [0, 0.05) is 5.92 Å². The smallest absolute Gasteiger partial charge is 0.283 e. The molecule has 0 bridgehead atoms. The molecule has 290 valence electrons. The van der Waals surface area contributed by atoms with E-state index in [0.29, 0.717) is 13.2 Å². The molecule has 0 amide bonds. The Kier molecular flexibility index (Phi) is 40.2. The molecule has 0 aromatic rings. The highest BCUT2D eigenvalue weighted by molar-refractivity contribution is 7.80. The summed E-state index contributed by atoms with van der Waals surface area (Å²) in [7, 11) is 0. The second kappa shape index (κ2) is 40.0.